The first kappa shape index (κ1) is 16.4. The number of anilines is 2. The Morgan fingerprint density at radius 2 is 1.88 bits per heavy atom. The van der Waals surface area contributed by atoms with Gasteiger partial charge in [-0.25, -0.2) is 0 Å². The molecule has 2 amide bonds. The highest BCUT2D eigenvalue weighted by molar-refractivity contribution is 6.00. The lowest BCUT2D eigenvalue weighted by atomic mass is 10.1. The van der Waals surface area contributed by atoms with Gasteiger partial charge in [-0.3, -0.25) is 9.59 Å². The van der Waals surface area contributed by atoms with Crippen LogP contribution in [0.5, 0.6) is 5.75 Å². The van der Waals surface area contributed by atoms with Crippen molar-refractivity contribution < 1.29 is 14.3 Å². The molecule has 1 N–H and O–H groups in total. The summed E-state index contributed by atoms with van der Waals surface area (Å²) in [7, 11) is 0. The van der Waals surface area contributed by atoms with Gasteiger partial charge in [0, 0.05) is 37.4 Å². The number of piperazine rings is 1. The number of rotatable bonds is 2. The van der Waals surface area contributed by atoms with E-state index >= 15 is 0 Å². The summed E-state index contributed by atoms with van der Waals surface area (Å²) in [6.07, 6.45) is 0. The van der Waals surface area contributed by atoms with Gasteiger partial charge >= 0.3 is 0 Å². The van der Waals surface area contributed by atoms with Crippen LogP contribution in [0.15, 0.2) is 42.5 Å². The number of nitrogens with zero attached hydrogens (tertiary/aromatic N) is 2. The molecule has 6 nitrogen and oxygen atoms in total. The molecule has 1 fully saturated rings. The second-order valence-electron chi connectivity index (χ2n) is 6.67. The molecular formula is C20H21N3O3. The normalized spacial score (nSPS) is 16.6. The molecule has 0 saturated carbocycles. The molecule has 0 spiro atoms. The Morgan fingerprint density at radius 1 is 1.08 bits per heavy atom. The Kier molecular flexibility index (Phi) is 4.24. The zero-order valence-corrected chi connectivity index (χ0v) is 14.7. The Morgan fingerprint density at radius 3 is 2.65 bits per heavy atom. The monoisotopic (exact) mass is 351 g/mol. The molecule has 0 bridgehead atoms. The topological polar surface area (TPSA) is 61.9 Å². The molecule has 2 heterocycles. The van der Waals surface area contributed by atoms with Gasteiger partial charge in [0.2, 0.25) is 0 Å². The van der Waals surface area contributed by atoms with Crippen LogP contribution in [0, 0.1) is 6.92 Å². The lowest BCUT2D eigenvalue weighted by Gasteiger charge is -2.36. The van der Waals surface area contributed by atoms with E-state index in [0.29, 0.717) is 30.1 Å². The van der Waals surface area contributed by atoms with Crippen molar-refractivity contribution in [1.29, 1.82) is 0 Å². The Labute approximate surface area is 152 Å². The number of carbonyl (C=O) groups excluding carboxylic acids is 2. The van der Waals surface area contributed by atoms with Crippen LogP contribution in [0.2, 0.25) is 0 Å². The minimum absolute atomic E-state index is 0.0151. The number of hydrogen-bond donors (Lipinski definition) is 1. The summed E-state index contributed by atoms with van der Waals surface area (Å²) in [5.74, 6) is 0.385. The minimum atomic E-state index is -0.200. The van der Waals surface area contributed by atoms with E-state index in [4.69, 9.17) is 4.74 Å². The number of benzene rings is 2. The van der Waals surface area contributed by atoms with Crippen LogP contribution in [0.25, 0.3) is 0 Å². The maximum Gasteiger partial charge on any atom is 0.262 e. The number of ether oxygens (including phenoxy) is 1. The molecule has 4 rings (SSSR count). The van der Waals surface area contributed by atoms with Crippen LogP contribution in [-0.2, 0) is 4.79 Å². The van der Waals surface area contributed by atoms with E-state index in [0.717, 1.165) is 13.1 Å². The van der Waals surface area contributed by atoms with Crippen molar-refractivity contribution in [1.82, 2.24) is 4.90 Å². The lowest BCUT2D eigenvalue weighted by molar-refractivity contribution is -0.118. The molecule has 0 atom stereocenters. The van der Waals surface area contributed by atoms with Crippen LogP contribution in [0.1, 0.15) is 15.9 Å². The van der Waals surface area contributed by atoms with Gasteiger partial charge in [-0.05, 0) is 42.8 Å². The van der Waals surface area contributed by atoms with Gasteiger partial charge in [0.25, 0.3) is 11.8 Å². The number of carbonyl (C=O) groups is 2. The van der Waals surface area contributed by atoms with E-state index in [1.54, 1.807) is 18.2 Å². The molecule has 0 radical (unpaired) electrons. The van der Waals surface area contributed by atoms with E-state index in [1.165, 1.54) is 11.3 Å². The number of fused-ring (bicyclic) bond motifs is 1. The maximum atomic E-state index is 12.8. The summed E-state index contributed by atoms with van der Waals surface area (Å²) in [5, 5.41) is 2.75. The summed E-state index contributed by atoms with van der Waals surface area (Å²) >= 11 is 0. The molecule has 26 heavy (non-hydrogen) atoms. The van der Waals surface area contributed by atoms with Crippen LogP contribution >= 0.6 is 0 Å². The summed E-state index contributed by atoms with van der Waals surface area (Å²) in [6.45, 7) is 5.06. The third-order valence-electron chi connectivity index (χ3n) is 4.79. The zero-order chi connectivity index (χ0) is 18.1. The molecule has 6 heteroatoms. The molecule has 2 aliphatic rings. The fraction of sp³-hybridized carbons (Fsp3) is 0.300. The van der Waals surface area contributed by atoms with E-state index in [1.807, 2.05) is 4.90 Å². The molecular weight excluding hydrogens is 330 g/mol. The van der Waals surface area contributed by atoms with Gasteiger partial charge in [0.05, 0.1) is 5.69 Å². The van der Waals surface area contributed by atoms with E-state index in [-0.39, 0.29) is 18.4 Å². The quantitative estimate of drug-likeness (QED) is 0.902. The third kappa shape index (κ3) is 3.22. The molecule has 134 valence electrons. The Bertz CT molecular complexity index is 857. The van der Waals surface area contributed by atoms with E-state index in [2.05, 4.69) is 41.4 Å². The molecule has 2 aliphatic heterocycles. The number of hydrogen-bond acceptors (Lipinski definition) is 4. The van der Waals surface area contributed by atoms with Crippen molar-refractivity contribution in [3.05, 3.63) is 53.6 Å². The standard InChI is InChI=1S/C20H21N3O3/c1-14-3-2-4-16(11-14)22-7-9-23(10-8-22)20(25)15-5-6-18-17(12-15)21-19(24)13-26-18/h2-6,11-12H,7-10,13H2,1H3,(H,21,24). The van der Waals surface area contributed by atoms with Crippen LogP contribution in [-0.4, -0.2) is 49.5 Å². The highest BCUT2D eigenvalue weighted by Crippen LogP contribution is 2.29. The highest BCUT2D eigenvalue weighted by atomic mass is 16.5. The molecule has 0 aliphatic carbocycles. The summed E-state index contributed by atoms with van der Waals surface area (Å²) < 4.78 is 5.34. The third-order valence-corrected chi connectivity index (χ3v) is 4.79. The van der Waals surface area contributed by atoms with Gasteiger partial charge in [-0.1, -0.05) is 12.1 Å². The second kappa shape index (κ2) is 6.71. The summed E-state index contributed by atoms with van der Waals surface area (Å²) in [5.41, 5.74) is 3.56. The van der Waals surface area contributed by atoms with Gasteiger partial charge in [-0.2, -0.15) is 0 Å². The van der Waals surface area contributed by atoms with Crippen molar-refractivity contribution in [3.63, 3.8) is 0 Å². The number of amides is 2. The molecule has 1 saturated heterocycles. The molecule has 2 aromatic rings. The fourth-order valence-electron chi connectivity index (χ4n) is 3.39. The highest BCUT2D eigenvalue weighted by Gasteiger charge is 2.24. The first-order valence-electron chi connectivity index (χ1n) is 8.78. The first-order chi connectivity index (χ1) is 12.6. The van der Waals surface area contributed by atoms with E-state index < -0.39 is 0 Å². The second-order valence-corrected chi connectivity index (χ2v) is 6.67. The fourth-order valence-corrected chi connectivity index (χ4v) is 3.39. The van der Waals surface area contributed by atoms with Crippen LogP contribution < -0.4 is 15.0 Å². The van der Waals surface area contributed by atoms with Gasteiger partial charge < -0.3 is 19.9 Å². The average Bonchev–Trinajstić information content (AvgIpc) is 2.67. The SMILES string of the molecule is Cc1cccc(N2CCN(C(=O)c3ccc4c(c3)NC(=O)CO4)CC2)c1. The van der Waals surface area contributed by atoms with Crippen molar-refractivity contribution in [2.24, 2.45) is 0 Å². The maximum absolute atomic E-state index is 12.8. The van der Waals surface area contributed by atoms with Crippen LogP contribution in [0.4, 0.5) is 11.4 Å². The van der Waals surface area contributed by atoms with Crippen molar-refractivity contribution in [2.45, 2.75) is 6.92 Å². The predicted octanol–water partition coefficient (Wildman–Crippen LogP) is 2.29. The smallest absolute Gasteiger partial charge is 0.262 e. The Hall–Kier alpha value is -3.02. The number of aryl methyl sites for hydroxylation is 1. The number of nitrogens with one attached hydrogen (secondary N) is 1. The zero-order valence-electron chi connectivity index (χ0n) is 14.7. The van der Waals surface area contributed by atoms with Crippen molar-refractivity contribution in [2.75, 3.05) is 43.0 Å². The molecule has 0 aromatic heterocycles. The van der Waals surface area contributed by atoms with Crippen LogP contribution in [0.3, 0.4) is 0 Å². The Balaban J connectivity index is 1.44. The van der Waals surface area contributed by atoms with Gasteiger partial charge in [-0.15, -0.1) is 0 Å². The molecule has 0 unspecified atom stereocenters. The largest absolute Gasteiger partial charge is 0.482 e. The lowest BCUT2D eigenvalue weighted by Crippen LogP contribution is -2.48. The van der Waals surface area contributed by atoms with Gasteiger partial charge in [0.1, 0.15) is 5.75 Å². The predicted molar refractivity (Wildman–Crippen MR) is 99.9 cm³/mol. The van der Waals surface area contributed by atoms with Gasteiger partial charge in [0.15, 0.2) is 6.61 Å². The van der Waals surface area contributed by atoms with Crippen molar-refractivity contribution >= 4 is 23.2 Å². The summed E-state index contributed by atoms with van der Waals surface area (Å²) in [6, 6.07) is 13.6. The summed E-state index contributed by atoms with van der Waals surface area (Å²) in [4.78, 5) is 28.4. The molecule has 2 aromatic carbocycles. The van der Waals surface area contributed by atoms with E-state index in [9.17, 15) is 9.59 Å². The first-order valence-corrected chi connectivity index (χ1v) is 8.78. The average molecular weight is 351 g/mol. The minimum Gasteiger partial charge on any atom is -0.482 e. The van der Waals surface area contributed by atoms with Crippen molar-refractivity contribution in [3.8, 4) is 5.75 Å².